The second-order valence-corrected chi connectivity index (χ2v) is 14.0. The average Bonchev–Trinajstić information content (AvgIpc) is 3.31. The van der Waals surface area contributed by atoms with Crippen LogP contribution < -0.4 is 4.74 Å². The van der Waals surface area contributed by atoms with Gasteiger partial charge in [-0.2, -0.15) is 0 Å². The van der Waals surface area contributed by atoms with Gasteiger partial charge in [0.15, 0.2) is 9.84 Å². The van der Waals surface area contributed by atoms with Gasteiger partial charge in [0.05, 0.1) is 28.0 Å². The predicted molar refractivity (Wildman–Crippen MR) is 160 cm³/mol. The first-order valence-corrected chi connectivity index (χ1v) is 16.6. The molecular weight excluding hydrogens is 588 g/mol. The Morgan fingerprint density at radius 2 is 1.66 bits per heavy atom. The number of benzene rings is 3. The summed E-state index contributed by atoms with van der Waals surface area (Å²) in [6.07, 6.45) is 5.90. The Morgan fingerprint density at radius 3 is 2.29 bits per heavy atom. The van der Waals surface area contributed by atoms with Gasteiger partial charge >= 0.3 is 0 Å². The van der Waals surface area contributed by atoms with Crippen LogP contribution in [0.2, 0.25) is 5.02 Å². The van der Waals surface area contributed by atoms with E-state index >= 15 is 0 Å². The fourth-order valence-corrected chi connectivity index (χ4v) is 7.79. The molecular formula is C31H30ClF2NO4S2. The molecule has 0 aliphatic heterocycles. The highest BCUT2D eigenvalue weighted by Crippen LogP contribution is 2.40. The summed E-state index contributed by atoms with van der Waals surface area (Å²) >= 11 is 7.40. The number of halogens is 3. The number of amides is 1. The molecule has 0 radical (unpaired) electrons. The van der Waals surface area contributed by atoms with E-state index in [2.05, 4.69) is 0 Å². The third-order valence-corrected chi connectivity index (χ3v) is 10.0. The van der Waals surface area contributed by atoms with Crippen molar-refractivity contribution in [3.05, 3.63) is 87.3 Å². The lowest BCUT2D eigenvalue weighted by Gasteiger charge is -2.34. The molecule has 3 aromatic carbocycles. The summed E-state index contributed by atoms with van der Waals surface area (Å²) in [6, 6.07) is 15.0. The summed E-state index contributed by atoms with van der Waals surface area (Å²) in [6.45, 7) is 0.224. The first kappa shape index (κ1) is 29.5. The molecule has 216 valence electrons. The van der Waals surface area contributed by atoms with Crippen molar-refractivity contribution >= 4 is 48.8 Å². The minimum absolute atomic E-state index is 0.0286. The molecule has 5 nitrogen and oxygen atoms in total. The van der Waals surface area contributed by atoms with E-state index in [0.29, 0.717) is 11.3 Å². The van der Waals surface area contributed by atoms with E-state index in [1.165, 1.54) is 6.26 Å². The summed E-state index contributed by atoms with van der Waals surface area (Å²) in [5.41, 5.74) is 3.25. The van der Waals surface area contributed by atoms with Gasteiger partial charge in [0.1, 0.15) is 22.3 Å². The maximum atomic E-state index is 14.6. The molecule has 0 spiro atoms. The number of hydrogen-bond donors (Lipinski definition) is 0. The number of sulfone groups is 1. The van der Waals surface area contributed by atoms with E-state index in [1.807, 2.05) is 30.3 Å². The minimum atomic E-state index is -3.15. The van der Waals surface area contributed by atoms with Gasteiger partial charge in [0.25, 0.3) is 5.91 Å². The van der Waals surface area contributed by atoms with Crippen molar-refractivity contribution in [3.8, 4) is 16.9 Å². The molecule has 1 amide bonds. The number of fused-ring (bicyclic) bond motifs is 1. The number of ether oxygens (including phenoxy) is 1. The summed E-state index contributed by atoms with van der Waals surface area (Å²) in [4.78, 5) is 16.0. The third kappa shape index (κ3) is 6.42. The minimum Gasteiger partial charge on any atom is -0.496 e. The van der Waals surface area contributed by atoms with Crippen LogP contribution in [0.3, 0.4) is 0 Å². The second kappa shape index (κ2) is 12.1. The van der Waals surface area contributed by atoms with Gasteiger partial charge in [-0.3, -0.25) is 4.79 Å². The van der Waals surface area contributed by atoms with Gasteiger partial charge in [0, 0.05) is 24.4 Å². The van der Waals surface area contributed by atoms with Crippen molar-refractivity contribution in [2.75, 3.05) is 13.4 Å². The van der Waals surface area contributed by atoms with Gasteiger partial charge in [-0.05, 0) is 53.8 Å². The number of carbonyl (C=O) groups is 1. The molecule has 1 aliphatic rings. The van der Waals surface area contributed by atoms with Crippen LogP contribution in [0.4, 0.5) is 8.78 Å². The second-order valence-electron chi connectivity index (χ2n) is 10.5. The van der Waals surface area contributed by atoms with Crippen LogP contribution in [0.1, 0.15) is 52.9 Å². The summed E-state index contributed by atoms with van der Waals surface area (Å²) in [7, 11) is -1.58. The molecule has 10 heteroatoms. The van der Waals surface area contributed by atoms with Crippen molar-refractivity contribution in [1.82, 2.24) is 4.90 Å². The Bertz CT molecular complexity index is 1700. The smallest absolute Gasteiger partial charge is 0.266 e. The Kier molecular flexibility index (Phi) is 8.68. The molecule has 0 bridgehead atoms. The normalized spacial score (nSPS) is 14.4. The molecule has 0 unspecified atom stereocenters. The molecule has 1 fully saturated rings. The van der Waals surface area contributed by atoms with Crippen molar-refractivity contribution in [2.24, 2.45) is 0 Å². The van der Waals surface area contributed by atoms with Gasteiger partial charge in [0.2, 0.25) is 0 Å². The van der Waals surface area contributed by atoms with E-state index in [9.17, 15) is 22.0 Å². The van der Waals surface area contributed by atoms with Crippen LogP contribution in [0.5, 0.6) is 5.75 Å². The quantitative estimate of drug-likeness (QED) is 0.201. The largest absolute Gasteiger partial charge is 0.496 e. The van der Waals surface area contributed by atoms with Gasteiger partial charge in [-0.25, -0.2) is 17.2 Å². The highest BCUT2D eigenvalue weighted by molar-refractivity contribution is 7.89. The third-order valence-electron chi connectivity index (χ3n) is 7.49. The zero-order valence-electron chi connectivity index (χ0n) is 22.8. The Balaban J connectivity index is 1.52. The number of rotatable bonds is 8. The molecule has 5 rings (SSSR count). The molecule has 1 aliphatic carbocycles. The lowest BCUT2D eigenvalue weighted by Crippen LogP contribution is -2.40. The Labute approximate surface area is 247 Å². The number of nitrogens with zero attached hydrogens (tertiary/aromatic N) is 1. The highest BCUT2D eigenvalue weighted by atomic mass is 35.5. The first-order valence-electron chi connectivity index (χ1n) is 13.4. The van der Waals surface area contributed by atoms with Gasteiger partial charge in [-0.15, -0.1) is 11.3 Å². The van der Waals surface area contributed by atoms with Crippen molar-refractivity contribution in [1.29, 1.82) is 0 Å². The monoisotopic (exact) mass is 617 g/mol. The molecule has 1 heterocycles. The Hall–Kier alpha value is -3.01. The van der Waals surface area contributed by atoms with E-state index in [4.69, 9.17) is 16.3 Å². The molecule has 1 saturated carbocycles. The van der Waals surface area contributed by atoms with Gasteiger partial charge < -0.3 is 9.64 Å². The zero-order valence-corrected chi connectivity index (χ0v) is 25.1. The standard InChI is InChI=1S/C31H30ClF2NO4S2/c1-39-26-15-12-21(20-10-8-19(9-11-20)18-41(2,37)38)16-22(26)17-35(23-6-4-3-5-7-23)31(36)30-28(32)27-24(33)13-14-25(34)29(27)40-30/h8-16,23H,3-7,17-18H2,1-2H3. The topological polar surface area (TPSA) is 63.7 Å². The first-order chi connectivity index (χ1) is 19.6. The van der Waals surface area contributed by atoms with Crippen LogP contribution in [0.25, 0.3) is 21.2 Å². The number of methoxy groups -OCH3 is 1. The van der Waals surface area contributed by atoms with Crippen molar-refractivity contribution in [2.45, 2.75) is 50.4 Å². The van der Waals surface area contributed by atoms with E-state index in [1.54, 1.807) is 24.1 Å². The predicted octanol–water partition coefficient (Wildman–Crippen LogP) is 8.03. The molecule has 1 aromatic heterocycles. The maximum Gasteiger partial charge on any atom is 0.266 e. The molecule has 0 atom stereocenters. The van der Waals surface area contributed by atoms with Crippen molar-refractivity contribution in [3.63, 3.8) is 0 Å². The molecule has 4 aromatic rings. The maximum absolute atomic E-state index is 14.6. The lowest BCUT2D eigenvalue weighted by molar-refractivity contribution is 0.0618. The van der Waals surface area contributed by atoms with Gasteiger partial charge in [-0.1, -0.05) is 61.2 Å². The average molecular weight is 618 g/mol. The van der Waals surface area contributed by atoms with E-state index in [0.717, 1.165) is 72.3 Å². The van der Waals surface area contributed by atoms with E-state index < -0.39 is 21.5 Å². The fourth-order valence-electron chi connectivity index (χ4n) is 5.49. The zero-order chi connectivity index (χ0) is 29.3. The van der Waals surface area contributed by atoms with E-state index in [-0.39, 0.29) is 44.2 Å². The van der Waals surface area contributed by atoms with Crippen molar-refractivity contribution < 1.29 is 26.7 Å². The number of thiophene rings is 1. The van der Waals surface area contributed by atoms with Crippen LogP contribution in [-0.2, 0) is 22.1 Å². The fraction of sp³-hybridized carbons (Fsp3) is 0.323. The number of hydrogen-bond acceptors (Lipinski definition) is 5. The Morgan fingerprint density at radius 1 is 1.00 bits per heavy atom. The summed E-state index contributed by atoms with van der Waals surface area (Å²) < 4.78 is 58.2. The van der Waals surface area contributed by atoms with Crippen LogP contribution >= 0.6 is 22.9 Å². The van der Waals surface area contributed by atoms with Crippen LogP contribution in [-0.4, -0.2) is 38.6 Å². The summed E-state index contributed by atoms with van der Waals surface area (Å²) in [5.74, 6) is -1.07. The molecule has 0 N–H and O–H groups in total. The molecule has 0 saturated heterocycles. The SMILES string of the molecule is COc1ccc(-c2ccc(CS(C)(=O)=O)cc2)cc1CN(C(=O)c1sc2c(F)ccc(F)c2c1Cl)C1CCCCC1. The highest BCUT2D eigenvalue weighted by Gasteiger charge is 2.31. The number of carbonyl (C=O) groups excluding carboxylic acids is 1. The summed E-state index contributed by atoms with van der Waals surface area (Å²) in [5, 5.41) is -0.134. The van der Waals surface area contributed by atoms with Crippen LogP contribution in [0, 0.1) is 11.6 Å². The van der Waals surface area contributed by atoms with Crippen LogP contribution in [0.15, 0.2) is 54.6 Å². The molecule has 41 heavy (non-hydrogen) atoms. The lowest BCUT2D eigenvalue weighted by atomic mass is 9.93.